The van der Waals surface area contributed by atoms with Gasteiger partial charge in [-0.2, -0.15) is 0 Å². The number of rotatable bonds is 6. The SMILES string of the molecule is O=C([O-])c1ccc(C#Cc2ccc(N(c3ccc(C#Cc4ccc(C(=O)[O-])cc4)cc3)c3ccc(C#Cc4ccc(C(=O)[O-])cc4)cc3)cc2)cc1.[Na+].[Na+].[Na+]. The van der Waals surface area contributed by atoms with E-state index in [-0.39, 0.29) is 105 Å². The summed E-state index contributed by atoms with van der Waals surface area (Å²) in [6.07, 6.45) is 0. The molecule has 6 rings (SSSR count). The molecule has 0 spiro atoms. The Morgan fingerprint density at radius 2 is 0.473 bits per heavy atom. The first kappa shape index (κ1) is 44.6. The fourth-order valence-electron chi connectivity index (χ4n) is 5.03. The minimum absolute atomic E-state index is 0. The van der Waals surface area contributed by atoms with Gasteiger partial charge in [-0.1, -0.05) is 71.9 Å². The molecule has 0 atom stereocenters. The molecule has 0 fully saturated rings. The maximum absolute atomic E-state index is 11.0. The van der Waals surface area contributed by atoms with E-state index in [0.717, 1.165) is 33.8 Å². The number of carboxylic acid groups (broad SMARTS) is 3. The van der Waals surface area contributed by atoms with Crippen LogP contribution in [0.3, 0.4) is 0 Å². The van der Waals surface area contributed by atoms with Crippen LogP contribution in [0.5, 0.6) is 0 Å². The van der Waals surface area contributed by atoms with Gasteiger partial charge in [0.25, 0.3) is 0 Å². The van der Waals surface area contributed by atoms with E-state index in [1.165, 1.54) is 36.4 Å². The third-order valence-electron chi connectivity index (χ3n) is 7.79. The van der Waals surface area contributed by atoms with Gasteiger partial charge in [-0.3, -0.25) is 0 Å². The van der Waals surface area contributed by atoms with Gasteiger partial charge in [0.2, 0.25) is 0 Å². The second-order valence-electron chi connectivity index (χ2n) is 11.3. The predicted octanol–water partition coefficient (Wildman–Crippen LogP) is -4.54. The largest absolute Gasteiger partial charge is 1.00 e. The molecule has 0 bridgehead atoms. The fraction of sp³-hybridized carbons (Fsp3) is 0. The first-order valence-corrected chi connectivity index (χ1v) is 15.8. The van der Waals surface area contributed by atoms with E-state index in [1.54, 1.807) is 36.4 Å². The van der Waals surface area contributed by atoms with Gasteiger partial charge in [0.1, 0.15) is 0 Å². The molecular weight excluding hydrogens is 719 g/mol. The molecule has 10 heteroatoms. The van der Waals surface area contributed by atoms with Crippen molar-refractivity contribution in [3.8, 4) is 35.5 Å². The molecule has 0 amide bonds. The van der Waals surface area contributed by atoms with Crippen molar-refractivity contribution in [3.63, 3.8) is 0 Å². The van der Waals surface area contributed by atoms with Gasteiger partial charge in [0.15, 0.2) is 0 Å². The molecule has 0 N–H and O–H groups in total. The number of anilines is 3. The van der Waals surface area contributed by atoms with Crippen molar-refractivity contribution in [2.24, 2.45) is 0 Å². The molecule has 0 aliphatic rings. The Bertz CT molecular complexity index is 2180. The Balaban J connectivity index is 0.00000271. The molecule has 0 unspecified atom stereocenters. The van der Waals surface area contributed by atoms with E-state index in [2.05, 4.69) is 40.4 Å². The van der Waals surface area contributed by atoms with Crippen LogP contribution in [0.4, 0.5) is 17.1 Å². The summed E-state index contributed by atoms with van der Waals surface area (Å²) in [7, 11) is 0. The molecule has 6 aromatic carbocycles. The Kier molecular flexibility index (Phi) is 17.3. The Hall–Kier alpha value is -4.79. The first-order valence-electron chi connectivity index (χ1n) is 15.8. The van der Waals surface area contributed by atoms with Crippen molar-refractivity contribution in [1.29, 1.82) is 0 Å². The van der Waals surface area contributed by atoms with Gasteiger partial charge < -0.3 is 34.6 Å². The van der Waals surface area contributed by atoms with Crippen LogP contribution < -0.4 is 109 Å². The van der Waals surface area contributed by atoms with Crippen LogP contribution in [0.15, 0.2) is 146 Å². The summed E-state index contributed by atoms with van der Waals surface area (Å²) < 4.78 is 0. The van der Waals surface area contributed by atoms with Crippen LogP contribution in [0, 0.1) is 35.5 Å². The molecule has 55 heavy (non-hydrogen) atoms. The number of carboxylic acids is 3. The summed E-state index contributed by atoms with van der Waals surface area (Å²) in [6.45, 7) is 0. The monoisotopic (exact) mass is 743 g/mol. The molecule has 0 radical (unpaired) electrons. The summed E-state index contributed by atoms with van der Waals surface area (Å²) in [5.74, 6) is 14.8. The number of nitrogens with zero attached hydrogens (tertiary/aromatic N) is 1. The van der Waals surface area contributed by atoms with Crippen LogP contribution >= 0.6 is 0 Å². The molecule has 0 saturated heterocycles. The van der Waals surface area contributed by atoms with Crippen LogP contribution in [0.25, 0.3) is 0 Å². The molecule has 0 heterocycles. The third kappa shape index (κ3) is 12.4. The van der Waals surface area contributed by atoms with E-state index in [4.69, 9.17) is 0 Å². The van der Waals surface area contributed by atoms with Crippen molar-refractivity contribution in [1.82, 2.24) is 0 Å². The minimum atomic E-state index is -1.24. The standard InChI is InChI=1S/C45H27NO6.3Na/c47-43(48)37-19-7-31(8-20-37)1-4-34-13-25-40(26-14-34)46(41-27-15-35(16-28-41)5-2-32-9-21-38(22-10-32)44(49)50)42-29-17-36(18-30-42)6-3-33-11-23-39(24-12-33)45(51)52;;;/h7-30H,(H,47,48)(H,49,50)(H,51,52);;;/q;3*+1/p-3. The zero-order valence-electron chi connectivity index (χ0n) is 30.3. The molecular formula is C45H24NNa3O6. The number of carbonyl (C=O) groups is 3. The van der Waals surface area contributed by atoms with Gasteiger partial charge in [0, 0.05) is 50.4 Å². The van der Waals surface area contributed by atoms with Gasteiger partial charge in [-0.05, 0) is 126 Å². The molecule has 0 aliphatic carbocycles. The number of benzene rings is 6. The Morgan fingerprint density at radius 3 is 0.636 bits per heavy atom. The second kappa shape index (κ2) is 21.3. The quantitative estimate of drug-likeness (QED) is 0.125. The summed E-state index contributed by atoms with van der Waals surface area (Å²) in [5.41, 5.74) is 7.18. The predicted molar refractivity (Wildman–Crippen MR) is 191 cm³/mol. The van der Waals surface area contributed by atoms with E-state index in [9.17, 15) is 29.7 Å². The third-order valence-corrected chi connectivity index (χ3v) is 7.79. The average Bonchev–Trinajstić information content (AvgIpc) is 3.17. The maximum Gasteiger partial charge on any atom is 1.00 e. The van der Waals surface area contributed by atoms with Gasteiger partial charge in [-0.25, -0.2) is 0 Å². The smallest absolute Gasteiger partial charge is 0.545 e. The Morgan fingerprint density at radius 1 is 0.309 bits per heavy atom. The van der Waals surface area contributed by atoms with Crippen LogP contribution in [0.2, 0.25) is 0 Å². The maximum atomic E-state index is 11.0. The summed E-state index contributed by atoms with van der Waals surface area (Å²) in [5, 5.41) is 33.1. The first-order chi connectivity index (χ1) is 25.2. The normalized spacial score (nSPS) is 9.38. The van der Waals surface area contributed by atoms with Crippen LogP contribution in [-0.2, 0) is 0 Å². The molecule has 6 aromatic rings. The van der Waals surface area contributed by atoms with Crippen LogP contribution in [0.1, 0.15) is 64.5 Å². The van der Waals surface area contributed by atoms with E-state index in [1.807, 2.05) is 72.8 Å². The van der Waals surface area contributed by atoms with Crippen LogP contribution in [-0.4, -0.2) is 17.9 Å². The average molecular weight is 744 g/mol. The van der Waals surface area contributed by atoms with Crippen molar-refractivity contribution < 1.29 is 118 Å². The van der Waals surface area contributed by atoms with E-state index in [0.29, 0.717) is 16.7 Å². The molecule has 248 valence electrons. The summed E-state index contributed by atoms with van der Waals surface area (Å²) >= 11 is 0. The second-order valence-corrected chi connectivity index (χ2v) is 11.3. The number of carbonyl (C=O) groups excluding carboxylic acids is 3. The van der Waals surface area contributed by atoms with E-state index >= 15 is 0 Å². The molecule has 0 aromatic heterocycles. The van der Waals surface area contributed by atoms with Gasteiger partial charge in [-0.15, -0.1) is 0 Å². The molecule has 0 saturated carbocycles. The van der Waals surface area contributed by atoms with Gasteiger partial charge >= 0.3 is 88.7 Å². The molecule has 0 aliphatic heterocycles. The number of aromatic carboxylic acids is 3. The number of hydrogen-bond acceptors (Lipinski definition) is 7. The van der Waals surface area contributed by atoms with E-state index < -0.39 is 17.9 Å². The molecule has 7 nitrogen and oxygen atoms in total. The van der Waals surface area contributed by atoms with Gasteiger partial charge in [0.05, 0.1) is 17.9 Å². The van der Waals surface area contributed by atoms with Crippen molar-refractivity contribution in [2.45, 2.75) is 0 Å². The number of hydrogen-bond donors (Lipinski definition) is 0. The summed E-state index contributed by atoms with van der Waals surface area (Å²) in [6, 6.07) is 41.7. The minimum Gasteiger partial charge on any atom is -0.545 e. The van der Waals surface area contributed by atoms with Crippen molar-refractivity contribution in [2.75, 3.05) is 4.90 Å². The van der Waals surface area contributed by atoms with Crippen molar-refractivity contribution in [3.05, 3.63) is 196 Å². The topological polar surface area (TPSA) is 124 Å². The Labute approximate surface area is 385 Å². The summed E-state index contributed by atoms with van der Waals surface area (Å²) in [4.78, 5) is 35.2. The fourth-order valence-corrected chi connectivity index (χ4v) is 5.03. The van der Waals surface area contributed by atoms with Crippen molar-refractivity contribution >= 4 is 35.0 Å². The zero-order chi connectivity index (χ0) is 36.5. The zero-order valence-corrected chi connectivity index (χ0v) is 36.3.